The van der Waals surface area contributed by atoms with Crippen LogP contribution in [-0.2, 0) is 4.57 Å². The summed E-state index contributed by atoms with van der Waals surface area (Å²) < 4.78 is 20.3. The first-order valence-corrected chi connectivity index (χ1v) is 21.5. The van der Waals surface area contributed by atoms with Gasteiger partial charge in [-0.2, -0.15) is 0 Å². The first kappa shape index (κ1) is 31.7. The minimum atomic E-state index is -3.10. The molecule has 0 spiro atoms. The Morgan fingerprint density at radius 3 is 1.24 bits per heavy atom. The molecular weight excluding hydrogens is 712 g/mol. The molecule has 0 atom stereocenters. The maximum Gasteiger partial charge on any atom is 0.171 e. The zero-order valence-electron chi connectivity index (χ0n) is 29.1. The zero-order chi connectivity index (χ0) is 35.8. The first-order chi connectivity index (χ1) is 26.6. The van der Waals surface area contributed by atoms with Crippen LogP contribution in [0.4, 0.5) is 0 Å². The van der Waals surface area contributed by atoms with Crippen LogP contribution in [0, 0.1) is 0 Å². The van der Waals surface area contributed by atoms with E-state index in [4.69, 9.17) is 0 Å². The van der Waals surface area contributed by atoms with E-state index in [2.05, 4.69) is 127 Å². The Kier molecular flexibility index (Phi) is 7.25. The number of rotatable bonds is 5. The molecule has 0 bridgehead atoms. The summed E-state index contributed by atoms with van der Waals surface area (Å²) in [6, 6.07) is 66.9. The molecule has 2 heterocycles. The second-order valence-corrected chi connectivity index (χ2v) is 18.9. The van der Waals surface area contributed by atoms with Crippen LogP contribution in [-0.4, -0.2) is 0 Å². The number of benzene rings is 9. The molecule has 0 unspecified atom stereocenters. The maximum atomic E-state index is 15.3. The monoisotopic (exact) mass is 742 g/mol. The van der Waals surface area contributed by atoms with E-state index in [1.807, 2.05) is 72.0 Å². The molecule has 0 radical (unpaired) electrons. The Labute approximate surface area is 320 Å². The lowest BCUT2D eigenvalue weighted by Crippen LogP contribution is -2.24. The van der Waals surface area contributed by atoms with Gasteiger partial charge in [0.25, 0.3) is 0 Å². The highest BCUT2D eigenvalue weighted by atomic mass is 32.1. The van der Waals surface area contributed by atoms with Crippen LogP contribution in [0.3, 0.4) is 0 Å². The van der Waals surface area contributed by atoms with Gasteiger partial charge in [-0.15, -0.1) is 22.7 Å². The van der Waals surface area contributed by atoms with Gasteiger partial charge in [-0.05, 0) is 104 Å². The molecule has 0 amide bonds. The largest absolute Gasteiger partial charge is 0.309 e. The first-order valence-electron chi connectivity index (χ1n) is 18.2. The third kappa shape index (κ3) is 4.93. The summed E-state index contributed by atoms with van der Waals surface area (Å²) in [6.07, 6.45) is 0. The Morgan fingerprint density at radius 2 is 0.722 bits per heavy atom. The van der Waals surface area contributed by atoms with E-state index < -0.39 is 7.14 Å². The van der Waals surface area contributed by atoms with Gasteiger partial charge in [-0.1, -0.05) is 127 Å². The summed E-state index contributed by atoms with van der Waals surface area (Å²) in [5.41, 5.74) is 4.91. The molecule has 11 aromatic rings. The third-order valence-electron chi connectivity index (χ3n) is 10.9. The van der Waals surface area contributed by atoms with E-state index in [0.29, 0.717) is 0 Å². The Bertz CT molecular complexity index is 3210. The van der Waals surface area contributed by atoms with Crippen LogP contribution in [0.2, 0.25) is 0 Å². The zero-order valence-corrected chi connectivity index (χ0v) is 31.6. The molecule has 0 aliphatic rings. The fourth-order valence-electron chi connectivity index (χ4n) is 8.30. The number of hydrogen-bond donors (Lipinski definition) is 0. The quantitative estimate of drug-likeness (QED) is 0.127. The Balaban J connectivity index is 1.06. The van der Waals surface area contributed by atoms with Crippen molar-refractivity contribution in [3.8, 4) is 22.3 Å². The predicted octanol–water partition coefficient (Wildman–Crippen LogP) is 13.7. The lowest BCUT2D eigenvalue weighted by atomic mass is 9.91. The van der Waals surface area contributed by atoms with Crippen LogP contribution < -0.4 is 15.9 Å². The molecule has 254 valence electrons. The molecule has 0 N–H and O–H groups in total. The van der Waals surface area contributed by atoms with E-state index in [1.165, 1.54) is 78.8 Å². The summed E-state index contributed by atoms with van der Waals surface area (Å²) >= 11 is 3.65. The van der Waals surface area contributed by atoms with Gasteiger partial charge in [-0.3, -0.25) is 0 Å². The summed E-state index contributed by atoms with van der Waals surface area (Å²) in [5, 5.41) is 12.5. The summed E-state index contributed by atoms with van der Waals surface area (Å²) in [5.74, 6) is 0. The van der Waals surface area contributed by atoms with Crippen molar-refractivity contribution >= 4 is 108 Å². The summed E-state index contributed by atoms with van der Waals surface area (Å²) in [7, 11) is -3.10. The highest BCUT2D eigenvalue weighted by molar-refractivity contribution is 7.85. The highest BCUT2D eigenvalue weighted by Crippen LogP contribution is 2.46. The van der Waals surface area contributed by atoms with Crippen molar-refractivity contribution < 1.29 is 4.57 Å². The van der Waals surface area contributed by atoms with Crippen LogP contribution in [0.5, 0.6) is 0 Å². The van der Waals surface area contributed by atoms with Gasteiger partial charge in [0.2, 0.25) is 0 Å². The average Bonchev–Trinajstić information content (AvgIpc) is 3.80. The van der Waals surface area contributed by atoms with E-state index >= 15 is 4.57 Å². The minimum Gasteiger partial charge on any atom is -0.309 e. The molecule has 0 aliphatic carbocycles. The van der Waals surface area contributed by atoms with Crippen LogP contribution in [0.25, 0.3) is 84.1 Å². The van der Waals surface area contributed by atoms with Gasteiger partial charge >= 0.3 is 0 Å². The van der Waals surface area contributed by atoms with Crippen molar-refractivity contribution in [2.75, 3.05) is 0 Å². The molecule has 0 aliphatic heterocycles. The molecule has 0 saturated heterocycles. The van der Waals surface area contributed by atoms with E-state index in [-0.39, 0.29) is 0 Å². The molecule has 54 heavy (non-hydrogen) atoms. The van der Waals surface area contributed by atoms with E-state index in [1.54, 1.807) is 11.3 Å². The third-order valence-corrected chi connectivity index (χ3v) is 16.3. The molecule has 1 nitrogen and oxygen atoms in total. The molecule has 0 saturated carbocycles. The summed E-state index contributed by atoms with van der Waals surface area (Å²) in [6.45, 7) is 0. The SMILES string of the molecule is O=P(c1ccccc1)(c1ccccc1)c1ccc2sc3ccc(-c4ccc5sc6ccc(-c7c8ccccc8cc8ccccc78)cc6c5c4)cc3c2c1. The number of thiophene rings is 2. The van der Waals surface area contributed by atoms with E-state index in [0.717, 1.165) is 21.3 Å². The normalized spacial score (nSPS) is 12.1. The van der Waals surface area contributed by atoms with Crippen molar-refractivity contribution in [1.82, 2.24) is 0 Å². The highest BCUT2D eigenvalue weighted by Gasteiger charge is 2.30. The molecule has 9 aromatic carbocycles. The maximum absolute atomic E-state index is 15.3. The minimum absolute atomic E-state index is 0.851. The van der Waals surface area contributed by atoms with E-state index in [9.17, 15) is 0 Å². The Morgan fingerprint density at radius 1 is 0.315 bits per heavy atom. The lowest BCUT2D eigenvalue weighted by molar-refractivity contribution is 0.592. The van der Waals surface area contributed by atoms with Gasteiger partial charge in [-0.25, -0.2) is 0 Å². The molecule has 11 rings (SSSR count). The van der Waals surface area contributed by atoms with Crippen molar-refractivity contribution in [2.24, 2.45) is 0 Å². The topological polar surface area (TPSA) is 17.1 Å². The number of hydrogen-bond acceptors (Lipinski definition) is 3. The van der Waals surface area contributed by atoms with Crippen LogP contribution >= 0.6 is 29.8 Å². The second-order valence-electron chi connectivity index (χ2n) is 14.0. The fraction of sp³-hybridized carbons (Fsp3) is 0. The molecule has 2 aromatic heterocycles. The van der Waals surface area contributed by atoms with Crippen molar-refractivity contribution in [2.45, 2.75) is 0 Å². The Hall–Kier alpha value is -5.83. The summed E-state index contributed by atoms with van der Waals surface area (Å²) in [4.78, 5) is 0. The standard InChI is InChI=1S/C50H31OPS2/c51-52(37-13-3-1-4-14-37,38-15-5-2-6-16-38)39-22-26-49-45(31-39)43-29-33(20-24-47(43)54-49)32-19-23-46-42(28-32)44-30-36(21-25-48(44)53-46)50-40-17-9-7-11-34(40)27-35-12-8-10-18-41(35)50/h1-31H. The van der Waals surface area contributed by atoms with Crippen molar-refractivity contribution in [1.29, 1.82) is 0 Å². The van der Waals surface area contributed by atoms with Gasteiger partial charge in [0, 0.05) is 56.3 Å². The van der Waals surface area contributed by atoms with Crippen LogP contribution in [0.1, 0.15) is 0 Å². The van der Waals surface area contributed by atoms with Gasteiger partial charge < -0.3 is 4.57 Å². The molecule has 0 fully saturated rings. The second kappa shape index (κ2) is 12.4. The van der Waals surface area contributed by atoms with Gasteiger partial charge in [0.05, 0.1) is 0 Å². The van der Waals surface area contributed by atoms with Gasteiger partial charge in [0.1, 0.15) is 0 Å². The average molecular weight is 743 g/mol. The number of fused-ring (bicyclic) bond motifs is 8. The molecule has 4 heteroatoms. The van der Waals surface area contributed by atoms with Crippen LogP contribution in [0.15, 0.2) is 188 Å². The fourth-order valence-corrected chi connectivity index (χ4v) is 13.1. The lowest BCUT2D eigenvalue weighted by Gasteiger charge is -2.20. The van der Waals surface area contributed by atoms with Crippen molar-refractivity contribution in [3.63, 3.8) is 0 Å². The van der Waals surface area contributed by atoms with Crippen molar-refractivity contribution in [3.05, 3.63) is 188 Å². The van der Waals surface area contributed by atoms with Gasteiger partial charge in [0.15, 0.2) is 7.14 Å². The predicted molar refractivity (Wildman–Crippen MR) is 237 cm³/mol. The smallest absolute Gasteiger partial charge is 0.171 e. The molecular formula is C50H31OPS2.